The van der Waals surface area contributed by atoms with E-state index in [4.69, 9.17) is 28.2 Å². The molecule has 7 heteroatoms. The normalized spacial score (nSPS) is 10.8. The summed E-state index contributed by atoms with van der Waals surface area (Å²) in [6.45, 7) is 5.99. The van der Waals surface area contributed by atoms with Gasteiger partial charge in [-0.2, -0.15) is 0 Å². The smallest absolute Gasteiger partial charge is 0.258 e. The van der Waals surface area contributed by atoms with Gasteiger partial charge in [0.05, 0.1) is 10.6 Å². The van der Waals surface area contributed by atoms with E-state index in [9.17, 15) is 4.79 Å². The average molecular weight is 450 g/mol. The number of nitrogens with zero attached hydrogens (tertiary/aromatic N) is 1. The number of amides is 1. The Morgan fingerprint density at radius 2 is 1.84 bits per heavy atom. The summed E-state index contributed by atoms with van der Waals surface area (Å²) in [5.41, 5.74) is 6.64. The highest BCUT2D eigenvalue weighted by Gasteiger charge is 2.16. The molecule has 0 spiro atoms. The van der Waals surface area contributed by atoms with E-state index in [-0.39, 0.29) is 11.0 Å². The van der Waals surface area contributed by atoms with Crippen LogP contribution < -0.4 is 10.6 Å². The number of oxazole rings is 1. The summed E-state index contributed by atoms with van der Waals surface area (Å²) in [6, 6.07) is 16.6. The summed E-state index contributed by atoms with van der Waals surface area (Å²) < 4.78 is 6.06. The molecule has 0 aliphatic heterocycles. The summed E-state index contributed by atoms with van der Waals surface area (Å²) in [4.78, 5) is 17.1. The van der Waals surface area contributed by atoms with E-state index in [2.05, 4.69) is 21.7 Å². The van der Waals surface area contributed by atoms with Crippen LogP contribution in [0.15, 0.2) is 59.0 Å². The van der Waals surface area contributed by atoms with E-state index in [0.717, 1.165) is 39.0 Å². The van der Waals surface area contributed by atoms with Gasteiger partial charge in [-0.05, 0) is 80.0 Å². The molecule has 0 radical (unpaired) electrons. The van der Waals surface area contributed by atoms with Gasteiger partial charge in [0.15, 0.2) is 10.7 Å². The fraction of sp³-hybridized carbons (Fsp3) is 0.125. The maximum absolute atomic E-state index is 12.5. The quantitative estimate of drug-likeness (QED) is 0.364. The van der Waals surface area contributed by atoms with E-state index < -0.39 is 0 Å². The molecule has 0 aliphatic rings. The molecule has 0 fully saturated rings. The van der Waals surface area contributed by atoms with Gasteiger partial charge in [0.2, 0.25) is 5.89 Å². The Kier molecular flexibility index (Phi) is 5.76. The van der Waals surface area contributed by atoms with Crippen molar-refractivity contribution in [3.05, 3.63) is 81.9 Å². The molecular weight excluding hydrogens is 430 g/mol. The lowest BCUT2D eigenvalue weighted by atomic mass is 10.1. The minimum atomic E-state index is -0.373. The van der Waals surface area contributed by atoms with Crippen molar-refractivity contribution in [1.82, 2.24) is 10.3 Å². The van der Waals surface area contributed by atoms with Crippen molar-refractivity contribution in [2.45, 2.75) is 20.8 Å². The topological polar surface area (TPSA) is 67.2 Å². The number of fused-ring (bicyclic) bond motifs is 1. The highest BCUT2D eigenvalue weighted by Crippen LogP contribution is 2.32. The summed E-state index contributed by atoms with van der Waals surface area (Å²) in [5, 5.41) is 6.29. The van der Waals surface area contributed by atoms with Crippen LogP contribution in [0.2, 0.25) is 5.02 Å². The number of halogens is 1. The van der Waals surface area contributed by atoms with Crippen LogP contribution in [0.3, 0.4) is 0 Å². The van der Waals surface area contributed by atoms with E-state index >= 15 is 0 Å². The van der Waals surface area contributed by atoms with Gasteiger partial charge in [0, 0.05) is 11.3 Å². The fourth-order valence-corrected chi connectivity index (χ4v) is 3.89. The number of hydrogen-bond donors (Lipinski definition) is 2. The van der Waals surface area contributed by atoms with Crippen LogP contribution in [0.4, 0.5) is 5.69 Å². The molecule has 1 heterocycles. The predicted octanol–water partition coefficient (Wildman–Crippen LogP) is 6.20. The molecule has 5 nitrogen and oxygen atoms in total. The van der Waals surface area contributed by atoms with Crippen LogP contribution in [0.5, 0.6) is 0 Å². The van der Waals surface area contributed by atoms with Crippen LogP contribution in [0.25, 0.3) is 22.6 Å². The minimum Gasteiger partial charge on any atom is -0.436 e. The summed E-state index contributed by atoms with van der Waals surface area (Å²) in [6.07, 6.45) is 0. The second-order valence-corrected chi connectivity index (χ2v) is 8.13. The number of hydrogen-bond acceptors (Lipinski definition) is 4. The number of carbonyl (C=O) groups is 1. The summed E-state index contributed by atoms with van der Waals surface area (Å²) in [5.74, 6) is 0.164. The second kappa shape index (κ2) is 8.49. The average Bonchev–Trinajstić information content (AvgIpc) is 3.14. The molecule has 4 aromatic rings. The number of nitrogens with one attached hydrogen (secondary N) is 2. The Morgan fingerprint density at radius 1 is 1.06 bits per heavy atom. The molecule has 1 aromatic heterocycles. The van der Waals surface area contributed by atoms with Crippen molar-refractivity contribution in [3.63, 3.8) is 0 Å². The summed E-state index contributed by atoms with van der Waals surface area (Å²) in [7, 11) is 0. The number of anilines is 1. The number of thiocarbonyl (C=S) groups is 1. The Balaban J connectivity index is 1.58. The lowest BCUT2D eigenvalue weighted by Gasteiger charge is -2.13. The van der Waals surface area contributed by atoms with Gasteiger partial charge in [-0.3, -0.25) is 10.1 Å². The van der Waals surface area contributed by atoms with Crippen LogP contribution in [-0.2, 0) is 0 Å². The first-order valence-electron chi connectivity index (χ1n) is 9.68. The maximum atomic E-state index is 12.5. The number of aromatic nitrogens is 1. The standard InChI is InChI=1S/C24H20ClN3O2S/c1-13-11-14(2)21-20(12-13)26-23(30-21)16-8-6-10-19(15(16)3)27-24(31)28-22(29)17-7-4-5-9-18(17)25/h4-12H,1-3H3,(H2,27,28,29,31). The first-order chi connectivity index (χ1) is 14.8. The third-order valence-corrected chi connectivity index (χ3v) is 5.51. The zero-order chi connectivity index (χ0) is 22.1. The molecule has 2 N–H and O–H groups in total. The molecule has 0 atom stereocenters. The maximum Gasteiger partial charge on any atom is 0.258 e. The number of carbonyl (C=O) groups excluding carboxylic acids is 1. The van der Waals surface area contributed by atoms with E-state index in [0.29, 0.717) is 16.5 Å². The minimum absolute atomic E-state index is 0.175. The van der Waals surface area contributed by atoms with Crippen molar-refractivity contribution in [2.24, 2.45) is 0 Å². The zero-order valence-electron chi connectivity index (χ0n) is 17.2. The first-order valence-corrected chi connectivity index (χ1v) is 10.5. The zero-order valence-corrected chi connectivity index (χ0v) is 18.8. The Hall–Kier alpha value is -3.22. The van der Waals surface area contributed by atoms with E-state index in [1.165, 1.54) is 0 Å². The van der Waals surface area contributed by atoms with Crippen molar-refractivity contribution >= 4 is 51.6 Å². The molecular formula is C24H20ClN3O2S. The Bertz CT molecular complexity index is 1330. The van der Waals surface area contributed by atoms with Crippen molar-refractivity contribution in [3.8, 4) is 11.5 Å². The first kappa shape index (κ1) is 21.0. The molecule has 0 unspecified atom stereocenters. The van der Waals surface area contributed by atoms with Crippen molar-refractivity contribution in [2.75, 3.05) is 5.32 Å². The molecule has 0 aliphatic carbocycles. The SMILES string of the molecule is Cc1cc(C)c2oc(-c3cccc(NC(=S)NC(=O)c4ccccc4Cl)c3C)nc2c1. The van der Waals surface area contributed by atoms with Gasteiger partial charge < -0.3 is 9.73 Å². The molecule has 0 bridgehead atoms. The van der Waals surface area contributed by atoms with Crippen LogP contribution in [0, 0.1) is 20.8 Å². The third-order valence-electron chi connectivity index (χ3n) is 4.98. The van der Waals surface area contributed by atoms with Gasteiger partial charge in [-0.25, -0.2) is 4.98 Å². The van der Waals surface area contributed by atoms with Crippen LogP contribution in [-0.4, -0.2) is 16.0 Å². The van der Waals surface area contributed by atoms with Gasteiger partial charge in [0.1, 0.15) is 5.52 Å². The van der Waals surface area contributed by atoms with E-state index in [1.54, 1.807) is 24.3 Å². The van der Waals surface area contributed by atoms with Crippen LogP contribution in [0.1, 0.15) is 27.0 Å². The molecule has 31 heavy (non-hydrogen) atoms. The number of aryl methyl sites for hydroxylation is 2. The predicted molar refractivity (Wildman–Crippen MR) is 129 cm³/mol. The second-order valence-electron chi connectivity index (χ2n) is 7.32. The molecule has 3 aromatic carbocycles. The van der Waals surface area contributed by atoms with Gasteiger partial charge >= 0.3 is 0 Å². The molecule has 1 amide bonds. The largest absolute Gasteiger partial charge is 0.436 e. The lowest BCUT2D eigenvalue weighted by molar-refractivity contribution is 0.0978. The van der Waals surface area contributed by atoms with Crippen LogP contribution >= 0.6 is 23.8 Å². The highest BCUT2D eigenvalue weighted by atomic mass is 35.5. The number of rotatable bonds is 3. The van der Waals surface area contributed by atoms with Gasteiger partial charge in [-0.1, -0.05) is 35.9 Å². The Labute approximate surface area is 190 Å². The highest BCUT2D eigenvalue weighted by molar-refractivity contribution is 7.80. The summed E-state index contributed by atoms with van der Waals surface area (Å²) >= 11 is 11.4. The van der Waals surface area contributed by atoms with Gasteiger partial charge in [0.25, 0.3) is 5.91 Å². The molecule has 0 saturated carbocycles. The van der Waals surface area contributed by atoms with E-state index in [1.807, 2.05) is 45.0 Å². The van der Waals surface area contributed by atoms with Crippen molar-refractivity contribution in [1.29, 1.82) is 0 Å². The molecule has 156 valence electrons. The number of benzene rings is 3. The molecule has 4 rings (SSSR count). The third kappa shape index (κ3) is 4.31. The molecule has 0 saturated heterocycles. The monoisotopic (exact) mass is 449 g/mol. The lowest BCUT2D eigenvalue weighted by Crippen LogP contribution is -2.34. The fourth-order valence-electron chi connectivity index (χ4n) is 3.46. The van der Waals surface area contributed by atoms with Crippen molar-refractivity contribution < 1.29 is 9.21 Å². The van der Waals surface area contributed by atoms with Gasteiger partial charge in [-0.15, -0.1) is 0 Å². The Morgan fingerprint density at radius 3 is 2.61 bits per heavy atom.